The Balaban J connectivity index is 2.01. The molecule has 1 heterocycles. The van der Waals surface area contributed by atoms with Gasteiger partial charge in [-0.1, -0.05) is 29.3 Å². The summed E-state index contributed by atoms with van der Waals surface area (Å²) in [6.45, 7) is -0.0728. The van der Waals surface area contributed by atoms with Crippen molar-refractivity contribution in [1.29, 1.82) is 0 Å². The van der Waals surface area contributed by atoms with Crippen molar-refractivity contribution < 1.29 is 26.3 Å². The van der Waals surface area contributed by atoms with Crippen molar-refractivity contribution in [3.63, 3.8) is 0 Å². The average Bonchev–Trinajstić information content (AvgIpc) is 3.05. The van der Waals surface area contributed by atoms with Crippen molar-refractivity contribution in [1.82, 2.24) is 20.2 Å². The van der Waals surface area contributed by atoms with Gasteiger partial charge in [-0.3, -0.25) is 0 Å². The highest BCUT2D eigenvalue weighted by atomic mass is 35.5. The third kappa shape index (κ3) is 4.39. The zero-order valence-electron chi connectivity index (χ0n) is 13.5. The molecule has 1 aromatic heterocycles. The summed E-state index contributed by atoms with van der Waals surface area (Å²) < 4.78 is 77.9. The summed E-state index contributed by atoms with van der Waals surface area (Å²) in [5.74, 6) is -0.403. The van der Waals surface area contributed by atoms with E-state index in [9.17, 15) is 26.3 Å². The Bertz CT molecular complexity index is 961. The van der Waals surface area contributed by atoms with Gasteiger partial charge in [0.2, 0.25) is 5.82 Å². The molecular weight excluding hydrogens is 433 g/mol. The molecule has 4 nitrogen and oxygen atoms in total. The molecule has 0 aliphatic heterocycles. The van der Waals surface area contributed by atoms with Crippen LogP contribution in [0.25, 0.3) is 11.4 Å². The molecule has 0 unspecified atom stereocenters. The van der Waals surface area contributed by atoms with Crippen molar-refractivity contribution >= 4 is 23.2 Å². The SMILES string of the molecule is FC(F)(F)c1cc(-c2nnn(Cc3c(Cl)cccc3Cl)n2)cc(C(F)(F)F)c1. The molecule has 12 heteroatoms. The number of hydrogen-bond acceptors (Lipinski definition) is 3. The second-order valence-electron chi connectivity index (χ2n) is 5.64. The van der Waals surface area contributed by atoms with Crippen molar-refractivity contribution in [2.24, 2.45) is 0 Å². The average molecular weight is 441 g/mol. The van der Waals surface area contributed by atoms with Crippen LogP contribution < -0.4 is 0 Å². The maximum absolute atomic E-state index is 13.0. The Kier molecular flexibility index (Phi) is 5.28. The van der Waals surface area contributed by atoms with E-state index in [0.29, 0.717) is 27.7 Å². The lowest BCUT2D eigenvalue weighted by Crippen LogP contribution is -2.11. The van der Waals surface area contributed by atoms with Crippen LogP contribution >= 0.6 is 23.2 Å². The van der Waals surface area contributed by atoms with Gasteiger partial charge in [0, 0.05) is 21.2 Å². The topological polar surface area (TPSA) is 43.6 Å². The molecule has 0 radical (unpaired) electrons. The Morgan fingerprint density at radius 2 is 1.39 bits per heavy atom. The van der Waals surface area contributed by atoms with Gasteiger partial charge in [-0.05, 0) is 35.5 Å². The molecule has 0 saturated heterocycles. The fourth-order valence-electron chi connectivity index (χ4n) is 2.33. The molecule has 0 amide bonds. The number of alkyl halides is 6. The molecule has 0 aliphatic rings. The van der Waals surface area contributed by atoms with Gasteiger partial charge >= 0.3 is 12.4 Å². The number of halogens is 8. The van der Waals surface area contributed by atoms with Crippen molar-refractivity contribution in [2.75, 3.05) is 0 Å². The van der Waals surface area contributed by atoms with E-state index < -0.39 is 34.9 Å². The van der Waals surface area contributed by atoms with Gasteiger partial charge in [-0.2, -0.15) is 31.1 Å². The molecule has 0 atom stereocenters. The van der Waals surface area contributed by atoms with Crippen LogP contribution in [-0.4, -0.2) is 20.2 Å². The molecule has 0 N–H and O–H groups in total. The molecular formula is C16H8Cl2F6N4. The van der Waals surface area contributed by atoms with Gasteiger partial charge in [-0.25, -0.2) is 0 Å². The molecule has 0 bridgehead atoms. The van der Waals surface area contributed by atoms with Gasteiger partial charge in [0.1, 0.15) is 0 Å². The quantitative estimate of drug-likeness (QED) is 0.488. The van der Waals surface area contributed by atoms with Crippen molar-refractivity contribution in [3.8, 4) is 11.4 Å². The lowest BCUT2D eigenvalue weighted by Gasteiger charge is -2.12. The molecule has 3 aromatic rings. The second-order valence-corrected chi connectivity index (χ2v) is 6.45. The van der Waals surface area contributed by atoms with Crippen LogP contribution in [0.3, 0.4) is 0 Å². The maximum Gasteiger partial charge on any atom is 0.416 e. The standard InChI is InChI=1S/C16H8Cl2F6N4/c17-12-2-1-3-13(18)11(12)7-28-26-14(25-27-28)8-4-9(15(19,20)21)6-10(5-8)16(22,23)24/h1-6H,7H2. The molecule has 148 valence electrons. The van der Waals surface area contributed by atoms with Gasteiger partial charge < -0.3 is 0 Å². The van der Waals surface area contributed by atoms with E-state index in [-0.39, 0.29) is 12.6 Å². The molecule has 0 aliphatic carbocycles. The molecule has 0 saturated carbocycles. The van der Waals surface area contributed by atoms with Gasteiger partial charge in [0.05, 0.1) is 17.7 Å². The fraction of sp³-hybridized carbons (Fsp3) is 0.188. The summed E-state index contributed by atoms with van der Waals surface area (Å²) in [7, 11) is 0. The minimum absolute atomic E-state index is 0.0252. The second kappa shape index (κ2) is 7.25. The Morgan fingerprint density at radius 1 is 0.857 bits per heavy atom. The number of rotatable bonds is 3. The minimum atomic E-state index is -4.98. The Hall–Kier alpha value is -2.33. The summed E-state index contributed by atoms with van der Waals surface area (Å²) in [5, 5.41) is 11.6. The van der Waals surface area contributed by atoms with Crippen LogP contribution in [0.5, 0.6) is 0 Å². The number of tetrazole rings is 1. The van der Waals surface area contributed by atoms with Crippen LogP contribution in [0.4, 0.5) is 26.3 Å². The number of aromatic nitrogens is 4. The molecule has 0 spiro atoms. The first-order valence-electron chi connectivity index (χ1n) is 7.45. The first-order valence-corrected chi connectivity index (χ1v) is 8.21. The van der Waals surface area contributed by atoms with E-state index in [4.69, 9.17) is 23.2 Å². The predicted octanol–water partition coefficient (Wildman–Crippen LogP) is 5.73. The smallest absolute Gasteiger partial charge is 0.166 e. The van der Waals surface area contributed by atoms with E-state index >= 15 is 0 Å². The third-order valence-corrected chi connectivity index (χ3v) is 4.37. The van der Waals surface area contributed by atoms with E-state index in [1.54, 1.807) is 18.2 Å². The first kappa shape index (κ1) is 20.4. The Morgan fingerprint density at radius 3 is 1.89 bits per heavy atom. The predicted molar refractivity (Wildman–Crippen MR) is 88.8 cm³/mol. The van der Waals surface area contributed by atoms with Crippen LogP contribution in [-0.2, 0) is 18.9 Å². The van der Waals surface area contributed by atoms with Gasteiger partial charge in [-0.15, -0.1) is 10.2 Å². The fourth-order valence-corrected chi connectivity index (χ4v) is 2.85. The van der Waals surface area contributed by atoms with Gasteiger partial charge in [0.25, 0.3) is 0 Å². The molecule has 3 rings (SSSR count). The monoisotopic (exact) mass is 440 g/mol. The van der Waals surface area contributed by atoms with E-state index in [1.807, 2.05) is 0 Å². The Labute approximate surface area is 163 Å². The van der Waals surface area contributed by atoms with Crippen LogP contribution in [0, 0.1) is 0 Å². The summed E-state index contributed by atoms with van der Waals surface area (Å²) in [6, 6.07) is 5.80. The molecule has 2 aromatic carbocycles. The van der Waals surface area contributed by atoms with Crippen LogP contribution in [0.2, 0.25) is 10.0 Å². The molecule has 0 fully saturated rings. The maximum atomic E-state index is 13.0. The summed E-state index contributed by atoms with van der Waals surface area (Å²) in [4.78, 5) is 0.968. The van der Waals surface area contributed by atoms with E-state index in [2.05, 4.69) is 15.4 Å². The lowest BCUT2D eigenvalue weighted by atomic mass is 10.0. The van der Waals surface area contributed by atoms with Crippen molar-refractivity contribution in [2.45, 2.75) is 18.9 Å². The first-order chi connectivity index (χ1) is 12.9. The highest BCUT2D eigenvalue weighted by Gasteiger charge is 2.37. The lowest BCUT2D eigenvalue weighted by molar-refractivity contribution is -0.143. The largest absolute Gasteiger partial charge is 0.416 e. The normalized spacial score (nSPS) is 12.4. The van der Waals surface area contributed by atoms with Crippen LogP contribution in [0.1, 0.15) is 16.7 Å². The zero-order valence-corrected chi connectivity index (χ0v) is 15.0. The highest BCUT2D eigenvalue weighted by molar-refractivity contribution is 6.35. The number of benzene rings is 2. The number of hydrogen-bond donors (Lipinski definition) is 0. The summed E-state index contributed by atoms with van der Waals surface area (Å²) >= 11 is 12.0. The zero-order chi connectivity index (χ0) is 20.7. The summed E-state index contributed by atoms with van der Waals surface area (Å²) in [5.41, 5.74) is -2.99. The van der Waals surface area contributed by atoms with Gasteiger partial charge in [0.15, 0.2) is 0 Å². The molecule has 28 heavy (non-hydrogen) atoms. The van der Waals surface area contributed by atoms with E-state index in [1.165, 1.54) is 0 Å². The van der Waals surface area contributed by atoms with E-state index in [0.717, 1.165) is 4.80 Å². The van der Waals surface area contributed by atoms with Crippen LogP contribution in [0.15, 0.2) is 36.4 Å². The van der Waals surface area contributed by atoms with Crippen molar-refractivity contribution in [3.05, 3.63) is 63.1 Å². The summed E-state index contributed by atoms with van der Waals surface area (Å²) in [6.07, 6.45) is -9.95. The highest BCUT2D eigenvalue weighted by Crippen LogP contribution is 2.38. The third-order valence-electron chi connectivity index (χ3n) is 3.66. The minimum Gasteiger partial charge on any atom is -0.166 e. The number of nitrogens with zero attached hydrogens (tertiary/aromatic N) is 4.